The van der Waals surface area contributed by atoms with E-state index in [0.717, 1.165) is 29.7 Å². The number of likely N-dealkylation sites (tertiary alicyclic amines) is 1. The summed E-state index contributed by atoms with van der Waals surface area (Å²) in [6, 6.07) is 5.20. The van der Waals surface area contributed by atoms with Gasteiger partial charge in [-0.25, -0.2) is 9.97 Å². The Kier molecular flexibility index (Phi) is 5.76. The van der Waals surface area contributed by atoms with Crippen molar-refractivity contribution in [3.8, 4) is 11.4 Å². The minimum atomic E-state index is -0.0882. The zero-order valence-electron chi connectivity index (χ0n) is 17.0. The number of anilines is 1. The van der Waals surface area contributed by atoms with E-state index >= 15 is 0 Å². The predicted molar refractivity (Wildman–Crippen MR) is 113 cm³/mol. The normalized spacial score (nSPS) is 21.6. The fourth-order valence-electron chi connectivity index (χ4n) is 4.51. The number of pyridine rings is 1. The SMILES string of the molecule is Cc1nc(-c2ccc(NC3CCCN(C4CCCCC4)C3)nc2)[nH]c(=O)c1C. The molecule has 6 nitrogen and oxygen atoms in total. The molecule has 6 heteroatoms. The lowest BCUT2D eigenvalue weighted by Crippen LogP contribution is -2.47. The molecule has 1 unspecified atom stereocenters. The molecule has 0 bridgehead atoms. The van der Waals surface area contributed by atoms with Crippen molar-refractivity contribution in [1.82, 2.24) is 19.9 Å². The predicted octanol–water partition coefficient (Wildman–Crippen LogP) is 3.66. The van der Waals surface area contributed by atoms with Gasteiger partial charge in [0.1, 0.15) is 11.6 Å². The minimum absolute atomic E-state index is 0.0882. The Morgan fingerprint density at radius 3 is 2.64 bits per heavy atom. The lowest BCUT2D eigenvalue weighted by molar-refractivity contribution is 0.124. The van der Waals surface area contributed by atoms with Crippen LogP contribution in [0.2, 0.25) is 0 Å². The van der Waals surface area contributed by atoms with Crippen LogP contribution in [0.5, 0.6) is 0 Å². The van der Waals surface area contributed by atoms with Gasteiger partial charge >= 0.3 is 0 Å². The van der Waals surface area contributed by atoms with Crippen molar-refractivity contribution in [2.24, 2.45) is 0 Å². The highest BCUT2D eigenvalue weighted by Crippen LogP contribution is 2.26. The first-order chi connectivity index (χ1) is 13.6. The lowest BCUT2D eigenvalue weighted by atomic mass is 9.92. The minimum Gasteiger partial charge on any atom is -0.366 e. The van der Waals surface area contributed by atoms with E-state index < -0.39 is 0 Å². The smallest absolute Gasteiger partial charge is 0.254 e. The van der Waals surface area contributed by atoms with Crippen LogP contribution in [0.1, 0.15) is 56.2 Å². The van der Waals surface area contributed by atoms with Crippen LogP contribution in [-0.4, -0.2) is 45.0 Å². The van der Waals surface area contributed by atoms with Gasteiger partial charge in [0.2, 0.25) is 0 Å². The second kappa shape index (κ2) is 8.43. The molecule has 1 aliphatic heterocycles. The third kappa shape index (κ3) is 4.27. The highest BCUT2D eigenvalue weighted by atomic mass is 16.1. The molecule has 4 rings (SSSR count). The first-order valence-corrected chi connectivity index (χ1v) is 10.6. The van der Waals surface area contributed by atoms with Crippen LogP contribution in [0, 0.1) is 13.8 Å². The average Bonchev–Trinajstić information content (AvgIpc) is 2.73. The van der Waals surface area contributed by atoms with E-state index in [1.165, 1.54) is 51.5 Å². The third-order valence-corrected chi connectivity index (χ3v) is 6.33. The largest absolute Gasteiger partial charge is 0.366 e. The van der Waals surface area contributed by atoms with Gasteiger partial charge in [-0.2, -0.15) is 0 Å². The molecule has 28 heavy (non-hydrogen) atoms. The zero-order valence-corrected chi connectivity index (χ0v) is 17.0. The average molecular weight is 382 g/mol. The van der Waals surface area contributed by atoms with Gasteiger partial charge in [0.05, 0.1) is 0 Å². The molecular formula is C22H31N5O. The highest BCUT2D eigenvalue weighted by Gasteiger charge is 2.27. The number of H-pyrrole nitrogens is 1. The van der Waals surface area contributed by atoms with E-state index in [9.17, 15) is 4.79 Å². The molecule has 0 amide bonds. The summed E-state index contributed by atoms with van der Waals surface area (Å²) in [6.07, 6.45) is 11.1. The van der Waals surface area contributed by atoms with Gasteiger partial charge in [-0.3, -0.25) is 9.69 Å². The fraction of sp³-hybridized carbons (Fsp3) is 0.591. The van der Waals surface area contributed by atoms with Crippen molar-refractivity contribution < 1.29 is 0 Å². The number of nitrogens with one attached hydrogen (secondary N) is 2. The van der Waals surface area contributed by atoms with E-state index in [0.29, 0.717) is 17.4 Å². The van der Waals surface area contributed by atoms with Crippen molar-refractivity contribution in [1.29, 1.82) is 0 Å². The van der Waals surface area contributed by atoms with Gasteiger partial charge in [0, 0.05) is 41.6 Å². The molecule has 2 aromatic rings. The van der Waals surface area contributed by atoms with E-state index in [1.807, 2.05) is 19.1 Å². The van der Waals surface area contributed by atoms with Gasteiger partial charge in [0.15, 0.2) is 0 Å². The molecule has 1 saturated heterocycles. The molecule has 1 atom stereocenters. The Balaban J connectivity index is 1.41. The summed E-state index contributed by atoms with van der Waals surface area (Å²) < 4.78 is 0. The van der Waals surface area contributed by atoms with Crippen LogP contribution >= 0.6 is 0 Å². The highest BCUT2D eigenvalue weighted by molar-refractivity contribution is 5.56. The number of hydrogen-bond donors (Lipinski definition) is 2. The van der Waals surface area contributed by atoms with Gasteiger partial charge in [0.25, 0.3) is 5.56 Å². The number of aromatic nitrogens is 3. The van der Waals surface area contributed by atoms with E-state index in [1.54, 1.807) is 13.1 Å². The summed E-state index contributed by atoms with van der Waals surface area (Å²) in [6.45, 7) is 6.00. The van der Waals surface area contributed by atoms with Gasteiger partial charge in [-0.15, -0.1) is 0 Å². The molecule has 3 heterocycles. The second-order valence-corrected chi connectivity index (χ2v) is 8.33. The van der Waals surface area contributed by atoms with Gasteiger partial charge < -0.3 is 10.3 Å². The standard InChI is InChI=1S/C22H31N5O/c1-15-16(2)24-21(26-22(15)28)17-10-11-20(23-13-17)25-18-7-6-12-27(14-18)19-8-4-3-5-9-19/h10-11,13,18-19H,3-9,12,14H2,1-2H3,(H,23,25)(H,24,26,28). The van der Waals surface area contributed by atoms with Crippen LogP contribution in [0.4, 0.5) is 5.82 Å². The summed E-state index contributed by atoms with van der Waals surface area (Å²) in [5.41, 5.74) is 2.16. The van der Waals surface area contributed by atoms with Crippen molar-refractivity contribution in [2.75, 3.05) is 18.4 Å². The zero-order chi connectivity index (χ0) is 19.5. The number of nitrogens with zero attached hydrogens (tertiary/aromatic N) is 3. The number of aryl methyl sites for hydroxylation is 1. The summed E-state index contributed by atoms with van der Waals surface area (Å²) in [5.74, 6) is 1.47. The molecule has 0 spiro atoms. The van der Waals surface area contributed by atoms with E-state index in [4.69, 9.17) is 0 Å². The molecule has 2 aromatic heterocycles. The van der Waals surface area contributed by atoms with Crippen LogP contribution in [0.25, 0.3) is 11.4 Å². The maximum Gasteiger partial charge on any atom is 0.254 e. The summed E-state index contributed by atoms with van der Waals surface area (Å²) in [7, 11) is 0. The molecule has 1 aliphatic carbocycles. The molecule has 0 aromatic carbocycles. The molecule has 150 valence electrons. The van der Waals surface area contributed by atoms with Crippen molar-refractivity contribution in [2.45, 2.75) is 70.9 Å². The second-order valence-electron chi connectivity index (χ2n) is 8.33. The first-order valence-electron chi connectivity index (χ1n) is 10.6. The molecular weight excluding hydrogens is 350 g/mol. The number of hydrogen-bond acceptors (Lipinski definition) is 5. The lowest BCUT2D eigenvalue weighted by Gasteiger charge is -2.40. The Morgan fingerprint density at radius 2 is 1.93 bits per heavy atom. The number of rotatable bonds is 4. The monoisotopic (exact) mass is 381 g/mol. The maximum atomic E-state index is 12.0. The first kappa shape index (κ1) is 19.1. The molecule has 2 N–H and O–H groups in total. The number of piperidine rings is 1. The number of aromatic amines is 1. The summed E-state index contributed by atoms with van der Waals surface area (Å²) in [4.78, 5) is 26.6. The van der Waals surface area contributed by atoms with E-state index in [2.05, 4.69) is 25.2 Å². The Labute approximate surface area is 166 Å². The fourth-order valence-corrected chi connectivity index (χ4v) is 4.51. The van der Waals surface area contributed by atoms with Gasteiger partial charge in [-0.05, 0) is 58.2 Å². The molecule has 2 fully saturated rings. The molecule has 0 radical (unpaired) electrons. The van der Waals surface area contributed by atoms with Crippen molar-refractivity contribution >= 4 is 5.82 Å². The van der Waals surface area contributed by atoms with Crippen LogP contribution in [0.3, 0.4) is 0 Å². The van der Waals surface area contributed by atoms with Gasteiger partial charge in [-0.1, -0.05) is 19.3 Å². The van der Waals surface area contributed by atoms with Crippen molar-refractivity contribution in [3.05, 3.63) is 39.9 Å². The Morgan fingerprint density at radius 1 is 1.11 bits per heavy atom. The van der Waals surface area contributed by atoms with Crippen LogP contribution in [0.15, 0.2) is 23.1 Å². The maximum absolute atomic E-state index is 12.0. The Bertz CT molecular complexity index is 854. The summed E-state index contributed by atoms with van der Waals surface area (Å²) in [5, 5.41) is 3.62. The quantitative estimate of drug-likeness (QED) is 0.845. The van der Waals surface area contributed by atoms with E-state index in [-0.39, 0.29) is 5.56 Å². The topological polar surface area (TPSA) is 73.9 Å². The van der Waals surface area contributed by atoms with Crippen LogP contribution < -0.4 is 10.9 Å². The Hall–Kier alpha value is -2.21. The third-order valence-electron chi connectivity index (χ3n) is 6.33. The van der Waals surface area contributed by atoms with Crippen LogP contribution in [-0.2, 0) is 0 Å². The molecule has 2 aliphatic rings. The summed E-state index contributed by atoms with van der Waals surface area (Å²) >= 11 is 0. The molecule has 1 saturated carbocycles. The van der Waals surface area contributed by atoms with Crippen molar-refractivity contribution in [3.63, 3.8) is 0 Å².